The third kappa shape index (κ3) is 6.31. The first kappa shape index (κ1) is 33.1. The fraction of sp³-hybridized carbons (Fsp3) is 0. The number of anilines is 3. The highest BCUT2D eigenvalue weighted by Crippen LogP contribution is 2.40. The third-order valence-electron chi connectivity index (χ3n) is 10.5. The summed E-state index contributed by atoms with van der Waals surface area (Å²) in [4.78, 5) is 7.24. The highest BCUT2D eigenvalue weighted by molar-refractivity contribution is 6.11. The van der Waals surface area contributed by atoms with Crippen molar-refractivity contribution in [1.82, 2.24) is 4.98 Å². The Hall–Kier alpha value is -7.49. The number of nitrogens with zero attached hydrogens (tertiary/aromatic N) is 2. The lowest BCUT2D eigenvalue weighted by molar-refractivity contribution is 0.620. The molecule has 264 valence electrons. The summed E-state index contributed by atoms with van der Waals surface area (Å²) in [5, 5.41) is 2.23. The maximum Gasteiger partial charge on any atom is 0.227 e. The summed E-state index contributed by atoms with van der Waals surface area (Å²) in [5.74, 6) is 0.633. The third-order valence-corrected chi connectivity index (χ3v) is 10.5. The summed E-state index contributed by atoms with van der Waals surface area (Å²) >= 11 is 0. The zero-order chi connectivity index (χ0) is 37.3. The van der Waals surface area contributed by atoms with E-state index in [4.69, 9.17) is 9.40 Å². The first-order chi connectivity index (χ1) is 27.7. The fourth-order valence-electron chi connectivity index (χ4n) is 7.66. The van der Waals surface area contributed by atoms with Gasteiger partial charge in [-0.3, -0.25) is 0 Å². The van der Waals surface area contributed by atoms with Crippen molar-refractivity contribution in [2.24, 2.45) is 0 Å². The molecule has 3 nitrogen and oxygen atoms in total. The first-order valence-electron chi connectivity index (χ1n) is 18.9. The Kier molecular flexibility index (Phi) is 8.51. The van der Waals surface area contributed by atoms with Crippen molar-refractivity contribution in [3.05, 3.63) is 218 Å². The molecule has 56 heavy (non-hydrogen) atoms. The van der Waals surface area contributed by atoms with Crippen LogP contribution in [0.5, 0.6) is 0 Å². The number of hydrogen-bond donors (Lipinski definition) is 0. The van der Waals surface area contributed by atoms with Crippen molar-refractivity contribution in [3.8, 4) is 56.0 Å². The van der Waals surface area contributed by atoms with Crippen molar-refractivity contribution < 1.29 is 4.42 Å². The van der Waals surface area contributed by atoms with Gasteiger partial charge in [0, 0.05) is 28.0 Å². The van der Waals surface area contributed by atoms with Crippen LogP contribution in [0, 0.1) is 0 Å². The summed E-state index contributed by atoms with van der Waals surface area (Å²) < 4.78 is 6.35. The lowest BCUT2D eigenvalue weighted by Gasteiger charge is -2.26. The molecule has 0 aliphatic rings. The van der Waals surface area contributed by atoms with Crippen LogP contribution in [0.25, 0.3) is 77.8 Å². The number of fused-ring (bicyclic) bond motifs is 3. The molecule has 0 N–H and O–H groups in total. The lowest BCUT2D eigenvalue weighted by atomic mass is 9.95. The van der Waals surface area contributed by atoms with Gasteiger partial charge >= 0.3 is 0 Å². The molecular formula is C53H36N2O. The first-order valence-corrected chi connectivity index (χ1v) is 18.9. The Morgan fingerprint density at radius 3 is 1.14 bits per heavy atom. The summed E-state index contributed by atoms with van der Waals surface area (Å²) in [6.45, 7) is 0. The van der Waals surface area contributed by atoms with Crippen molar-refractivity contribution >= 4 is 38.9 Å². The monoisotopic (exact) mass is 716 g/mol. The Bertz CT molecular complexity index is 2820. The van der Waals surface area contributed by atoms with Crippen molar-refractivity contribution in [1.29, 1.82) is 0 Å². The molecule has 0 atom stereocenters. The minimum absolute atomic E-state index is 0.633. The quantitative estimate of drug-likeness (QED) is 0.157. The predicted octanol–water partition coefficient (Wildman–Crippen LogP) is 14.8. The highest BCUT2D eigenvalue weighted by Gasteiger charge is 2.17. The van der Waals surface area contributed by atoms with Crippen LogP contribution in [0.1, 0.15) is 0 Å². The Labute approximate surface area is 326 Å². The average Bonchev–Trinajstić information content (AvgIpc) is 3.73. The normalized spacial score (nSPS) is 11.2. The lowest BCUT2D eigenvalue weighted by Crippen LogP contribution is -2.09. The zero-order valence-electron chi connectivity index (χ0n) is 30.6. The number of oxazole rings is 1. The van der Waals surface area contributed by atoms with Crippen LogP contribution >= 0.6 is 0 Å². The second-order valence-corrected chi connectivity index (χ2v) is 14.0. The average molecular weight is 717 g/mol. The van der Waals surface area contributed by atoms with Gasteiger partial charge in [-0.05, 0) is 104 Å². The number of aromatic nitrogens is 1. The van der Waals surface area contributed by atoms with E-state index in [0.29, 0.717) is 5.89 Å². The van der Waals surface area contributed by atoms with E-state index in [2.05, 4.69) is 193 Å². The van der Waals surface area contributed by atoms with Gasteiger partial charge in [0.05, 0.1) is 0 Å². The molecule has 0 aliphatic carbocycles. The SMILES string of the molecule is c1ccc(-c2ccc(N(c3ccc(-c4ccccc4)cc3)c3ccc(-c4ccc(-c5cc6oc(-c7ccccc7)nc6c6ccccc56)cc4)cc3)cc2)cc1. The molecule has 1 heterocycles. The summed E-state index contributed by atoms with van der Waals surface area (Å²) in [6, 6.07) is 77.1. The van der Waals surface area contributed by atoms with E-state index < -0.39 is 0 Å². The fourth-order valence-corrected chi connectivity index (χ4v) is 7.66. The molecule has 1 aromatic heterocycles. The molecule has 0 amide bonds. The number of rotatable bonds is 8. The van der Waals surface area contributed by atoms with E-state index in [-0.39, 0.29) is 0 Å². The van der Waals surface area contributed by atoms with E-state index in [9.17, 15) is 0 Å². The van der Waals surface area contributed by atoms with Crippen molar-refractivity contribution in [3.63, 3.8) is 0 Å². The standard InChI is InChI=1S/C53H36N2O/c1-4-12-37(13-5-1)40-24-30-45(31-25-40)55(46-32-26-41(27-33-46)38-14-6-2-7-15-38)47-34-28-42(29-35-47)39-20-22-43(23-21-39)50-36-51-52(49-19-11-10-18-48(49)50)54-53(56-51)44-16-8-3-9-17-44/h1-36H. The molecule has 9 aromatic carbocycles. The number of hydrogen-bond acceptors (Lipinski definition) is 3. The van der Waals surface area contributed by atoms with Gasteiger partial charge in [-0.15, -0.1) is 0 Å². The van der Waals surface area contributed by atoms with Crippen LogP contribution in [0.4, 0.5) is 17.1 Å². The van der Waals surface area contributed by atoms with Gasteiger partial charge in [-0.2, -0.15) is 0 Å². The van der Waals surface area contributed by atoms with E-state index in [1.165, 1.54) is 22.3 Å². The topological polar surface area (TPSA) is 29.3 Å². The molecule has 3 heteroatoms. The van der Waals surface area contributed by atoms with Gasteiger partial charge < -0.3 is 9.32 Å². The maximum absolute atomic E-state index is 6.35. The highest BCUT2D eigenvalue weighted by atomic mass is 16.3. The molecule has 0 unspecified atom stereocenters. The molecule has 0 bridgehead atoms. The summed E-state index contributed by atoms with van der Waals surface area (Å²) in [5.41, 5.74) is 15.3. The molecular weight excluding hydrogens is 681 g/mol. The van der Waals surface area contributed by atoms with Gasteiger partial charge in [0.2, 0.25) is 5.89 Å². The van der Waals surface area contributed by atoms with Crippen LogP contribution < -0.4 is 4.90 Å². The molecule has 0 saturated heterocycles. The molecule has 10 rings (SSSR count). The van der Waals surface area contributed by atoms with Crippen LogP contribution in [-0.4, -0.2) is 4.98 Å². The smallest absolute Gasteiger partial charge is 0.227 e. The Morgan fingerprint density at radius 1 is 0.321 bits per heavy atom. The van der Waals surface area contributed by atoms with Crippen LogP contribution in [0.2, 0.25) is 0 Å². The molecule has 0 aliphatic heterocycles. The van der Waals surface area contributed by atoms with Gasteiger partial charge in [0.15, 0.2) is 5.58 Å². The van der Waals surface area contributed by atoms with E-state index in [0.717, 1.165) is 66.8 Å². The largest absolute Gasteiger partial charge is 0.436 e. The second kappa shape index (κ2) is 14.4. The second-order valence-electron chi connectivity index (χ2n) is 14.0. The van der Waals surface area contributed by atoms with Gasteiger partial charge in [0.1, 0.15) is 5.52 Å². The predicted molar refractivity (Wildman–Crippen MR) is 233 cm³/mol. The Balaban J connectivity index is 0.974. The molecule has 0 spiro atoms. The zero-order valence-corrected chi connectivity index (χ0v) is 30.6. The summed E-state index contributed by atoms with van der Waals surface area (Å²) in [7, 11) is 0. The minimum atomic E-state index is 0.633. The molecule has 10 aromatic rings. The van der Waals surface area contributed by atoms with Gasteiger partial charge in [-0.25, -0.2) is 4.98 Å². The van der Waals surface area contributed by atoms with E-state index in [1.54, 1.807) is 0 Å². The molecule has 0 saturated carbocycles. The maximum atomic E-state index is 6.35. The summed E-state index contributed by atoms with van der Waals surface area (Å²) in [6.07, 6.45) is 0. The van der Waals surface area contributed by atoms with Crippen LogP contribution in [0.3, 0.4) is 0 Å². The van der Waals surface area contributed by atoms with Crippen molar-refractivity contribution in [2.45, 2.75) is 0 Å². The van der Waals surface area contributed by atoms with Crippen molar-refractivity contribution in [2.75, 3.05) is 4.90 Å². The molecule has 0 fully saturated rings. The van der Waals surface area contributed by atoms with Crippen LogP contribution in [0.15, 0.2) is 223 Å². The van der Waals surface area contributed by atoms with Gasteiger partial charge in [0.25, 0.3) is 0 Å². The molecule has 0 radical (unpaired) electrons. The Morgan fingerprint density at radius 2 is 0.679 bits per heavy atom. The van der Waals surface area contributed by atoms with Crippen LogP contribution in [-0.2, 0) is 0 Å². The van der Waals surface area contributed by atoms with E-state index >= 15 is 0 Å². The van der Waals surface area contributed by atoms with Gasteiger partial charge in [-0.1, -0.05) is 164 Å². The minimum Gasteiger partial charge on any atom is -0.436 e. The number of benzene rings is 9. The van der Waals surface area contributed by atoms with E-state index in [1.807, 2.05) is 30.3 Å².